The zero-order valence-corrected chi connectivity index (χ0v) is 10.5. The summed E-state index contributed by atoms with van der Waals surface area (Å²) in [6, 6.07) is 0.780. The molecule has 0 amide bonds. The van der Waals surface area contributed by atoms with E-state index in [0.29, 0.717) is 0 Å². The summed E-state index contributed by atoms with van der Waals surface area (Å²) < 4.78 is 0. The van der Waals surface area contributed by atoms with Crippen LogP contribution < -0.4 is 0 Å². The molecule has 1 aromatic rings. The van der Waals surface area contributed by atoms with Crippen LogP contribution in [0.5, 0.6) is 0 Å². The molecule has 1 aliphatic rings. The van der Waals surface area contributed by atoms with Crippen LogP contribution in [0, 0.1) is 5.92 Å². The zero-order chi connectivity index (χ0) is 10.7. The summed E-state index contributed by atoms with van der Waals surface area (Å²) in [7, 11) is 2.24. The first kappa shape index (κ1) is 11.1. The molecule has 0 atom stereocenters. The molecule has 0 aliphatic heterocycles. The van der Waals surface area contributed by atoms with E-state index in [1.54, 1.807) is 11.3 Å². The average Bonchev–Trinajstić information content (AvgIpc) is 2.71. The van der Waals surface area contributed by atoms with Crippen LogP contribution in [-0.4, -0.2) is 23.0 Å². The summed E-state index contributed by atoms with van der Waals surface area (Å²) in [5, 5.41) is 2.15. The predicted octanol–water partition coefficient (Wildman–Crippen LogP) is 3.15. The molecular formula is C12H20N2S. The zero-order valence-electron chi connectivity index (χ0n) is 9.65. The van der Waals surface area contributed by atoms with Gasteiger partial charge in [-0.2, -0.15) is 0 Å². The molecule has 3 heteroatoms. The third kappa shape index (κ3) is 3.02. The highest BCUT2D eigenvalue weighted by molar-refractivity contribution is 7.07. The Morgan fingerprint density at radius 3 is 2.73 bits per heavy atom. The molecule has 1 aromatic heterocycles. The highest BCUT2D eigenvalue weighted by Crippen LogP contribution is 2.27. The largest absolute Gasteiger partial charge is 0.298 e. The fourth-order valence-electron chi connectivity index (χ4n) is 2.38. The molecule has 1 fully saturated rings. The van der Waals surface area contributed by atoms with E-state index in [1.165, 1.54) is 31.4 Å². The van der Waals surface area contributed by atoms with E-state index in [-0.39, 0.29) is 0 Å². The van der Waals surface area contributed by atoms with Crippen LogP contribution in [0.3, 0.4) is 0 Å². The first-order chi connectivity index (χ1) is 7.25. The van der Waals surface area contributed by atoms with E-state index in [4.69, 9.17) is 0 Å². The van der Waals surface area contributed by atoms with Crippen molar-refractivity contribution in [2.45, 2.75) is 45.2 Å². The van der Waals surface area contributed by atoms with Crippen LogP contribution >= 0.6 is 11.3 Å². The van der Waals surface area contributed by atoms with Gasteiger partial charge in [-0.3, -0.25) is 4.90 Å². The minimum absolute atomic E-state index is 0.780. The van der Waals surface area contributed by atoms with Gasteiger partial charge in [0.15, 0.2) is 0 Å². The Labute approximate surface area is 96.3 Å². The smallest absolute Gasteiger partial charge is 0.0795 e. The third-order valence-electron chi connectivity index (χ3n) is 3.50. The molecule has 0 unspecified atom stereocenters. The summed E-state index contributed by atoms with van der Waals surface area (Å²) in [6.45, 7) is 3.39. The molecule has 2 rings (SSSR count). The van der Waals surface area contributed by atoms with Crippen LogP contribution in [0.2, 0.25) is 0 Å². The first-order valence-electron chi connectivity index (χ1n) is 5.83. The number of hydrogen-bond acceptors (Lipinski definition) is 3. The summed E-state index contributed by atoms with van der Waals surface area (Å²) in [5.41, 5.74) is 3.15. The molecule has 0 bridgehead atoms. The van der Waals surface area contributed by atoms with Crippen LogP contribution in [0.25, 0.3) is 0 Å². The number of thiazole rings is 1. The monoisotopic (exact) mass is 224 g/mol. The Balaban J connectivity index is 1.83. The number of nitrogens with zero attached hydrogens (tertiary/aromatic N) is 2. The van der Waals surface area contributed by atoms with Crippen molar-refractivity contribution in [2.75, 3.05) is 7.05 Å². The topological polar surface area (TPSA) is 16.1 Å². The lowest BCUT2D eigenvalue weighted by Gasteiger charge is -2.33. The van der Waals surface area contributed by atoms with Gasteiger partial charge >= 0.3 is 0 Å². The summed E-state index contributed by atoms with van der Waals surface area (Å²) >= 11 is 1.69. The molecule has 0 radical (unpaired) electrons. The first-order valence-corrected chi connectivity index (χ1v) is 6.77. The van der Waals surface area contributed by atoms with Crippen molar-refractivity contribution in [2.24, 2.45) is 5.92 Å². The molecule has 0 spiro atoms. The van der Waals surface area contributed by atoms with Crippen LogP contribution in [0.15, 0.2) is 10.9 Å². The van der Waals surface area contributed by atoms with Crippen molar-refractivity contribution >= 4 is 11.3 Å². The molecule has 2 nitrogen and oxygen atoms in total. The molecule has 0 N–H and O–H groups in total. The van der Waals surface area contributed by atoms with Crippen molar-refractivity contribution in [3.05, 3.63) is 16.6 Å². The van der Waals surface area contributed by atoms with Crippen molar-refractivity contribution in [3.63, 3.8) is 0 Å². The van der Waals surface area contributed by atoms with E-state index < -0.39 is 0 Å². The van der Waals surface area contributed by atoms with Gasteiger partial charge in [0.25, 0.3) is 0 Å². The summed E-state index contributed by atoms with van der Waals surface area (Å²) in [4.78, 5) is 6.82. The SMILES string of the molecule is CC1CCC(N(C)Cc2cscn2)CC1. The Bertz CT molecular complexity index is 276. The fourth-order valence-corrected chi connectivity index (χ4v) is 2.93. The molecule has 15 heavy (non-hydrogen) atoms. The van der Waals surface area contributed by atoms with Crippen molar-refractivity contribution in [1.82, 2.24) is 9.88 Å². The van der Waals surface area contributed by atoms with Gasteiger partial charge in [0.1, 0.15) is 0 Å². The highest BCUT2D eigenvalue weighted by atomic mass is 32.1. The van der Waals surface area contributed by atoms with Crippen molar-refractivity contribution < 1.29 is 0 Å². The Morgan fingerprint density at radius 2 is 2.13 bits per heavy atom. The number of hydrogen-bond donors (Lipinski definition) is 0. The maximum Gasteiger partial charge on any atom is 0.0795 e. The molecule has 84 valence electrons. The molecular weight excluding hydrogens is 204 g/mol. The molecule has 0 saturated heterocycles. The summed E-state index contributed by atoms with van der Waals surface area (Å²) in [5.74, 6) is 0.939. The van der Waals surface area contributed by atoms with E-state index in [2.05, 4.69) is 29.2 Å². The van der Waals surface area contributed by atoms with Gasteiger partial charge in [0.2, 0.25) is 0 Å². The normalized spacial score (nSPS) is 27.1. The minimum Gasteiger partial charge on any atom is -0.298 e. The maximum absolute atomic E-state index is 4.34. The van der Waals surface area contributed by atoms with Gasteiger partial charge in [0, 0.05) is 18.0 Å². The van der Waals surface area contributed by atoms with Crippen LogP contribution in [0.1, 0.15) is 38.3 Å². The highest BCUT2D eigenvalue weighted by Gasteiger charge is 2.21. The lowest BCUT2D eigenvalue weighted by Crippen LogP contribution is -2.34. The Kier molecular flexibility index (Phi) is 3.76. The van der Waals surface area contributed by atoms with E-state index in [0.717, 1.165) is 18.5 Å². The average molecular weight is 224 g/mol. The van der Waals surface area contributed by atoms with Gasteiger partial charge in [0.05, 0.1) is 11.2 Å². The predicted molar refractivity (Wildman–Crippen MR) is 65.0 cm³/mol. The van der Waals surface area contributed by atoms with Crippen LogP contribution in [0.4, 0.5) is 0 Å². The van der Waals surface area contributed by atoms with E-state index in [9.17, 15) is 0 Å². The van der Waals surface area contributed by atoms with Crippen LogP contribution in [-0.2, 0) is 6.54 Å². The maximum atomic E-state index is 4.34. The van der Waals surface area contributed by atoms with Gasteiger partial charge in [-0.25, -0.2) is 4.98 Å². The van der Waals surface area contributed by atoms with Gasteiger partial charge in [-0.1, -0.05) is 6.92 Å². The standard InChI is InChI=1S/C12H20N2S/c1-10-3-5-12(6-4-10)14(2)7-11-8-15-9-13-11/h8-10,12H,3-7H2,1-2H3. The third-order valence-corrected chi connectivity index (χ3v) is 4.14. The molecule has 0 aromatic carbocycles. The number of rotatable bonds is 3. The molecule has 1 aliphatic carbocycles. The second-order valence-electron chi connectivity index (χ2n) is 4.81. The second-order valence-corrected chi connectivity index (χ2v) is 5.53. The Morgan fingerprint density at radius 1 is 1.40 bits per heavy atom. The number of aromatic nitrogens is 1. The van der Waals surface area contributed by atoms with Gasteiger partial charge in [-0.15, -0.1) is 11.3 Å². The lowest BCUT2D eigenvalue weighted by molar-refractivity contribution is 0.162. The second kappa shape index (κ2) is 5.08. The van der Waals surface area contributed by atoms with Crippen molar-refractivity contribution in [3.8, 4) is 0 Å². The lowest BCUT2D eigenvalue weighted by atomic mass is 9.87. The van der Waals surface area contributed by atoms with Gasteiger partial charge < -0.3 is 0 Å². The Hall–Kier alpha value is -0.410. The minimum atomic E-state index is 0.780. The van der Waals surface area contributed by atoms with E-state index in [1.807, 2.05) is 5.51 Å². The summed E-state index contributed by atoms with van der Waals surface area (Å²) in [6.07, 6.45) is 5.52. The van der Waals surface area contributed by atoms with Gasteiger partial charge in [-0.05, 0) is 38.6 Å². The quantitative estimate of drug-likeness (QED) is 0.784. The molecule has 1 saturated carbocycles. The molecule has 1 heterocycles. The van der Waals surface area contributed by atoms with Crippen molar-refractivity contribution in [1.29, 1.82) is 0 Å². The van der Waals surface area contributed by atoms with E-state index >= 15 is 0 Å². The fraction of sp³-hybridized carbons (Fsp3) is 0.750.